The molecule has 212 valence electrons. The fraction of sp³-hybridized carbons (Fsp3) is 0.481. The van der Waals surface area contributed by atoms with E-state index in [9.17, 15) is 18.3 Å². The lowest BCUT2D eigenvalue weighted by molar-refractivity contribution is 0.0427. The molecule has 39 heavy (non-hydrogen) atoms. The molecule has 4 rings (SSSR count). The van der Waals surface area contributed by atoms with Gasteiger partial charge in [-0.2, -0.15) is 0 Å². The largest absolute Gasteiger partial charge is 0.444 e. The van der Waals surface area contributed by atoms with Crippen LogP contribution in [0.25, 0.3) is 11.0 Å². The highest BCUT2D eigenvalue weighted by Crippen LogP contribution is 2.24. The van der Waals surface area contributed by atoms with Crippen molar-refractivity contribution < 1.29 is 27.9 Å². The van der Waals surface area contributed by atoms with Gasteiger partial charge in [-0.1, -0.05) is 30.3 Å². The highest BCUT2D eigenvalue weighted by atomic mass is 32.2. The molecule has 1 aromatic heterocycles. The summed E-state index contributed by atoms with van der Waals surface area (Å²) in [7, 11) is -4.02. The fourth-order valence-electron chi connectivity index (χ4n) is 4.51. The summed E-state index contributed by atoms with van der Waals surface area (Å²) in [4.78, 5) is 22.7. The van der Waals surface area contributed by atoms with Crippen molar-refractivity contribution >= 4 is 33.1 Å². The standard InChI is InChI=1S/C27H37N5O6S/c1-27(2,3)37-26(34)31-22(15-18-9-5-4-6-10-18)24(33)17-29-39(35,36)20-13-14-23-21(16-20)30-25(28)32(23)38-19-11-7-8-12-19/h4-6,9-10,13-14,16,19,22,24,29,33H,7-8,11-12,15,17H2,1-3H3,(H2,28,30)(H,31,34)/t22-,24+/m0/s1. The van der Waals surface area contributed by atoms with E-state index in [1.807, 2.05) is 30.3 Å². The molecule has 0 bridgehead atoms. The first-order valence-electron chi connectivity index (χ1n) is 13.1. The zero-order valence-corrected chi connectivity index (χ0v) is 23.3. The van der Waals surface area contributed by atoms with Crippen LogP contribution in [0.5, 0.6) is 0 Å². The number of aliphatic hydroxyl groups excluding tert-OH is 1. The maximum Gasteiger partial charge on any atom is 0.407 e. The number of carbonyl (C=O) groups excluding carboxylic acids is 1. The molecule has 0 saturated heterocycles. The molecule has 12 heteroatoms. The van der Waals surface area contributed by atoms with Crippen LogP contribution in [0.15, 0.2) is 53.4 Å². The number of anilines is 1. The number of rotatable bonds is 10. The third kappa shape index (κ3) is 7.61. The third-order valence-corrected chi connectivity index (χ3v) is 7.84. The second-order valence-corrected chi connectivity index (χ2v) is 12.6. The molecule has 1 amide bonds. The first kappa shape index (κ1) is 28.7. The molecule has 1 heterocycles. The van der Waals surface area contributed by atoms with E-state index in [1.165, 1.54) is 16.9 Å². The number of imidazole rings is 1. The Bertz CT molecular complexity index is 1380. The topological polar surface area (TPSA) is 158 Å². The van der Waals surface area contributed by atoms with Crippen LogP contribution in [-0.2, 0) is 21.2 Å². The molecule has 2 aromatic carbocycles. The lowest BCUT2D eigenvalue weighted by atomic mass is 10.0. The van der Waals surface area contributed by atoms with Gasteiger partial charge in [-0.05, 0) is 76.6 Å². The van der Waals surface area contributed by atoms with E-state index >= 15 is 0 Å². The number of alkyl carbamates (subject to hydrolysis) is 1. The van der Waals surface area contributed by atoms with Crippen LogP contribution < -0.4 is 20.6 Å². The number of amides is 1. The number of nitrogens with zero attached hydrogens (tertiary/aromatic N) is 2. The summed E-state index contributed by atoms with van der Waals surface area (Å²) < 4.78 is 35.5. The second-order valence-electron chi connectivity index (χ2n) is 10.8. The van der Waals surface area contributed by atoms with Crippen molar-refractivity contribution in [3.63, 3.8) is 0 Å². The predicted molar refractivity (Wildman–Crippen MR) is 147 cm³/mol. The number of nitrogens with one attached hydrogen (secondary N) is 2. The maximum absolute atomic E-state index is 13.1. The van der Waals surface area contributed by atoms with Gasteiger partial charge in [0.1, 0.15) is 17.2 Å². The van der Waals surface area contributed by atoms with Gasteiger partial charge in [0.05, 0.1) is 22.6 Å². The molecule has 1 aliphatic carbocycles. The van der Waals surface area contributed by atoms with Crippen LogP contribution in [0.1, 0.15) is 52.0 Å². The molecule has 0 aliphatic heterocycles. The van der Waals surface area contributed by atoms with Crippen LogP contribution in [0.3, 0.4) is 0 Å². The summed E-state index contributed by atoms with van der Waals surface area (Å²) in [6.45, 7) is 4.86. The number of hydrogen-bond acceptors (Lipinski definition) is 8. The first-order valence-corrected chi connectivity index (χ1v) is 14.6. The minimum atomic E-state index is -4.02. The summed E-state index contributed by atoms with van der Waals surface area (Å²) in [6, 6.07) is 12.9. The number of fused-ring (bicyclic) bond motifs is 1. The highest BCUT2D eigenvalue weighted by Gasteiger charge is 2.27. The van der Waals surface area contributed by atoms with Crippen molar-refractivity contribution in [2.75, 3.05) is 12.3 Å². The summed E-state index contributed by atoms with van der Waals surface area (Å²) in [5, 5.41) is 13.6. The Morgan fingerprint density at radius 2 is 1.87 bits per heavy atom. The molecule has 1 saturated carbocycles. The van der Waals surface area contributed by atoms with E-state index in [1.54, 1.807) is 26.8 Å². The van der Waals surface area contributed by atoms with Gasteiger partial charge in [-0.15, -0.1) is 4.73 Å². The smallest absolute Gasteiger partial charge is 0.407 e. The maximum atomic E-state index is 13.1. The molecule has 3 aromatic rings. The molecule has 2 atom stereocenters. The second kappa shape index (κ2) is 11.8. The summed E-state index contributed by atoms with van der Waals surface area (Å²) in [5.41, 5.74) is 7.13. The van der Waals surface area contributed by atoms with Crippen molar-refractivity contribution in [1.82, 2.24) is 19.8 Å². The molecule has 0 unspecified atom stereocenters. The Hall–Kier alpha value is -3.35. The van der Waals surface area contributed by atoms with E-state index in [-0.39, 0.29) is 29.9 Å². The molecule has 5 N–H and O–H groups in total. The van der Waals surface area contributed by atoms with Gasteiger partial charge in [0.25, 0.3) is 0 Å². The van der Waals surface area contributed by atoms with Gasteiger partial charge in [-0.3, -0.25) is 0 Å². The zero-order chi connectivity index (χ0) is 28.2. The molecule has 0 spiro atoms. The molecule has 1 aliphatic rings. The fourth-order valence-corrected chi connectivity index (χ4v) is 5.58. The number of aromatic nitrogens is 2. The zero-order valence-electron chi connectivity index (χ0n) is 22.5. The summed E-state index contributed by atoms with van der Waals surface area (Å²) >= 11 is 0. The average Bonchev–Trinajstić information content (AvgIpc) is 3.49. The molecule has 11 nitrogen and oxygen atoms in total. The average molecular weight is 560 g/mol. The Morgan fingerprint density at radius 1 is 1.18 bits per heavy atom. The lowest BCUT2D eigenvalue weighted by Gasteiger charge is -2.27. The van der Waals surface area contributed by atoms with E-state index in [2.05, 4.69) is 15.0 Å². The molecular weight excluding hydrogens is 522 g/mol. The normalized spacial score (nSPS) is 16.2. The van der Waals surface area contributed by atoms with E-state index in [4.69, 9.17) is 15.3 Å². The first-order chi connectivity index (χ1) is 18.4. The van der Waals surface area contributed by atoms with Crippen molar-refractivity contribution in [3.05, 3.63) is 54.1 Å². The number of benzene rings is 2. The molecule has 0 radical (unpaired) electrons. The third-order valence-electron chi connectivity index (χ3n) is 6.42. The number of aliphatic hydroxyl groups is 1. The van der Waals surface area contributed by atoms with Gasteiger partial charge in [0.15, 0.2) is 0 Å². The lowest BCUT2D eigenvalue weighted by Crippen LogP contribution is -2.50. The Kier molecular flexibility index (Phi) is 8.67. The van der Waals surface area contributed by atoms with Crippen LogP contribution >= 0.6 is 0 Å². The van der Waals surface area contributed by atoms with Crippen molar-refractivity contribution in [2.45, 2.75) is 81.6 Å². The van der Waals surface area contributed by atoms with Crippen molar-refractivity contribution in [2.24, 2.45) is 0 Å². The van der Waals surface area contributed by atoms with Gasteiger partial charge >= 0.3 is 6.09 Å². The quantitative estimate of drug-likeness (QED) is 0.295. The van der Waals surface area contributed by atoms with Gasteiger partial charge in [-0.25, -0.2) is 22.9 Å². The van der Waals surface area contributed by atoms with Crippen LogP contribution in [0, 0.1) is 0 Å². The predicted octanol–water partition coefficient (Wildman–Crippen LogP) is 2.76. The number of hydrogen-bond donors (Lipinski definition) is 4. The highest BCUT2D eigenvalue weighted by molar-refractivity contribution is 7.89. The Morgan fingerprint density at radius 3 is 2.54 bits per heavy atom. The Balaban J connectivity index is 1.46. The number of carbonyl (C=O) groups is 1. The monoisotopic (exact) mass is 559 g/mol. The van der Waals surface area contributed by atoms with Crippen molar-refractivity contribution in [1.29, 1.82) is 0 Å². The van der Waals surface area contributed by atoms with Crippen molar-refractivity contribution in [3.8, 4) is 0 Å². The summed E-state index contributed by atoms with van der Waals surface area (Å²) in [5.74, 6) is 0.145. The Labute approximate surface area is 228 Å². The molecular formula is C27H37N5O6S. The number of nitrogens with two attached hydrogens (primary N) is 1. The number of nitrogen functional groups attached to an aromatic ring is 1. The minimum absolute atomic E-state index is 0.0348. The molecule has 1 fully saturated rings. The SMILES string of the molecule is CC(C)(C)OC(=O)N[C@@H](Cc1ccccc1)[C@H](O)CNS(=O)(=O)c1ccc2c(c1)nc(N)n2OC1CCCC1. The van der Waals surface area contributed by atoms with Crippen LogP contribution in [0.2, 0.25) is 0 Å². The van der Waals surface area contributed by atoms with Crippen LogP contribution in [-0.4, -0.2) is 59.7 Å². The van der Waals surface area contributed by atoms with E-state index < -0.39 is 33.9 Å². The number of sulfonamides is 1. The van der Waals surface area contributed by atoms with Gasteiger partial charge in [0, 0.05) is 6.54 Å². The summed E-state index contributed by atoms with van der Waals surface area (Å²) in [6.07, 6.45) is 2.43. The van der Waals surface area contributed by atoms with Gasteiger partial charge in [0.2, 0.25) is 16.0 Å². The van der Waals surface area contributed by atoms with Gasteiger partial charge < -0.3 is 25.7 Å². The van der Waals surface area contributed by atoms with Crippen LogP contribution in [0.4, 0.5) is 10.7 Å². The van der Waals surface area contributed by atoms with E-state index in [0.29, 0.717) is 11.0 Å². The van der Waals surface area contributed by atoms with E-state index in [0.717, 1.165) is 31.2 Å². The number of ether oxygens (including phenoxy) is 1. The minimum Gasteiger partial charge on any atom is -0.444 e.